The Morgan fingerprint density at radius 2 is 1.90 bits per heavy atom. The highest BCUT2D eigenvalue weighted by molar-refractivity contribution is 9.10. The molecule has 0 fully saturated rings. The van der Waals surface area contributed by atoms with Crippen LogP contribution in [0.5, 0.6) is 5.75 Å². The number of hydrogen-bond donors (Lipinski definition) is 1. The van der Waals surface area contributed by atoms with Crippen LogP contribution in [0.15, 0.2) is 52.1 Å². The van der Waals surface area contributed by atoms with Crippen molar-refractivity contribution in [3.8, 4) is 5.75 Å². The Bertz CT molecular complexity index is 1010. The smallest absolute Gasteiger partial charge is 0.234 e. The van der Waals surface area contributed by atoms with Crippen LogP contribution in [-0.4, -0.2) is 26.4 Å². The predicted molar refractivity (Wildman–Crippen MR) is 119 cm³/mol. The maximum absolute atomic E-state index is 12.4. The van der Waals surface area contributed by atoms with Crippen molar-refractivity contribution in [1.82, 2.24) is 14.8 Å². The Morgan fingerprint density at radius 3 is 2.62 bits per heavy atom. The Morgan fingerprint density at radius 1 is 1.21 bits per heavy atom. The van der Waals surface area contributed by atoms with Crippen molar-refractivity contribution in [3.05, 3.63) is 63.9 Å². The molecule has 1 unspecified atom stereocenters. The molecule has 0 radical (unpaired) electrons. The van der Waals surface area contributed by atoms with E-state index in [1.807, 2.05) is 74.9 Å². The number of nitrogens with zero attached hydrogens (tertiary/aromatic N) is 3. The fourth-order valence-corrected chi connectivity index (χ4v) is 4.03. The molecule has 0 spiro atoms. The number of amides is 1. The largest absolute Gasteiger partial charge is 0.483 e. The lowest BCUT2D eigenvalue weighted by Crippen LogP contribution is -2.15. The zero-order valence-electron chi connectivity index (χ0n) is 16.8. The van der Waals surface area contributed by atoms with Crippen molar-refractivity contribution >= 4 is 39.3 Å². The first-order valence-electron chi connectivity index (χ1n) is 9.15. The van der Waals surface area contributed by atoms with E-state index in [-0.39, 0.29) is 17.8 Å². The molecule has 2 aromatic carbocycles. The number of nitrogens with one attached hydrogen (secondary N) is 1. The number of aromatic nitrogens is 3. The molecule has 1 atom stereocenters. The second kappa shape index (κ2) is 9.45. The lowest BCUT2D eigenvalue weighted by Gasteiger charge is -2.14. The van der Waals surface area contributed by atoms with Gasteiger partial charge in [0, 0.05) is 11.5 Å². The molecule has 0 aliphatic carbocycles. The molecule has 8 heteroatoms. The third-order valence-electron chi connectivity index (χ3n) is 4.48. The van der Waals surface area contributed by atoms with Gasteiger partial charge in [0.1, 0.15) is 5.75 Å². The molecule has 0 saturated heterocycles. The van der Waals surface area contributed by atoms with Gasteiger partial charge in [-0.15, -0.1) is 10.2 Å². The molecule has 1 amide bonds. The number of aryl methyl sites for hydroxylation is 2. The van der Waals surface area contributed by atoms with E-state index in [2.05, 4.69) is 31.4 Å². The molecule has 0 aliphatic heterocycles. The summed E-state index contributed by atoms with van der Waals surface area (Å²) in [4.78, 5) is 12.4. The van der Waals surface area contributed by atoms with E-state index in [0.29, 0.717) is 11.0 Å². The molecule has 0 aliphatic rings. The average molecular weight is 475 g/mol. The van der Waals surface area contributed by atoms with Crippen molar-refractivity contribution in [2.24, 2.45) is 7.05 Å². The summed E-state index contributed by atoms with van der Waals surface area (Å²) in [7, 11) is 1.88. The summed E-state index contributed by atoms with van der Waals surface area (Å²) in [5, 5.41) is 12.1. The van der Waals surface area contributed by atoms with E-state index in [1.54, 1.807) is 0 Å². The summed E-state index contributed by atoms with van der Waals surface area (Å²) in [6.07, 6.45) is -0.260. The average Bonchev–Trinajstić information content (AvgIpc) is 3.06. The number of carbonyl (C=O) groups excluding carboxylic acids is 1. The van der Waals surface area contributed by atoms with E-state index in [0.717, 1.165) is 21.5 Å². The number of carbonyl (C=O) groups is 1. The summed E-state index contributed by atoms with van der Waals surface area (Å²) in [6, 6.07) is 13.6. The summed E-state index contributed by atoms with van der Waals surface area (Å²) < 4.78 is 8.64. The minimum absolute atomic E-state index is 0.0999. The van der Waals surface area contributed by atoms with Gasteiger partial charge in [-0.3, -0.25) is 4.79 Å². The Labute approximate surface area is 183 Å². The first-order valence-corrected chi connectivity index (χ1v) is 10.9. The first kappa shape index (κ1) is 21.4. The summed E-state index contributed by atoms with van der Waals surface area (Å²) in [6.45, 7) is 5.98. The highest BCUT2D eigenvalue weighted by Crippen LogP contribution is 2.27. The summed E-state index contributed by atoms with van der Waals surface area (Å²) in [5.41, 5.74) is 3.06. The topological polar surface area (TPSA) is 69.0 Å². The molecule has 1 N–H and O–H groups in total. The summed E-state index contributed by atoms with van der Waals surface area (Å²) in [5.74, 6) is 1.61. The minimum atomic E-state index is -0.260. The third kappa shape index (κ3) is 5.39. The standard InChI is InChI=1S/C21H23BrN4O2S/c1-13-10-17(22)18(11-14(13)2)23-19(27)12-29-21-25-24-20(26(21)4)15(3)28-16-8-6-5-7-9-16/h5-11,15H,12H2,1-4H3,(H,23,27). The second-order valence-electron chi connectivity index (χ2n) is 6.73. The van der Waals surface area contributed by atoms with Crippen LogP contribution >= 0.6 is 27.7 Å². The Hall–Kier alpha value is -2.32. The van der Waals surface area contributed by atoms with Crippen LogP contribution in [-0.2, 0) is 11.8 Å². The maximum atomic E-state index is 12.4. The molecule has 152 valence electrons. The number of ether oxygens (including phenoxy) is 1. The molecule has 0 bridgehead atoms. The van der Waals surface area contributed by atoms with Gasteiger partial charge in [0.2, 0.25) is 5.91 Å². The van der Waals surface area contributed by atoms with Crippen molar-refractivity contribution < 1.29 is 9.53 Å². The third-order valence-corrected chi connectivity index (χ3v) is 6.15. The fraction of sp³-hybridized carbons (Fsp3) is 0.286. The van der Waals surface area contributed by atoms with E-state index >= 15 is 0 Å². The minimum Gasteiger partial charge on any atom is -0.483 e. The fourth-order valence-electron chi connectivity index (χ4n) is 2.75. The van der Waals surface area contributed by atoms with Crippen LogP contribution < -0.4 is 10.1 Å². The van der Waals surface area contributed by atoms with E-state index in [9.17, 15) is 4.79 Å². The first-order chi connectivity index (χ1) is 13.8. The second-order valence-corrected chi connectivity index (χ2v) is 8.52. The molecule has 0 saturated carbocycles. The zero-order valence-corrected chi connectivity index (χ0v) is 19.2. The van der Waals surface area contributed by atoms with Gasteiger partial charge in [-0.05, 0) is 72.1 Å². The lowest BCUT2D eigenvalue weighted by atomic mass is 10.1. The van der Waals surface area contributed by atoms with Gasteiger partial charge >= 0.3 is 0 Å². The number of anilines is 1. The van der Waals surface area contributed by atoms with E-state index in [4.69, 9.17) is 4.74 Å². The number of benzene rings is 2. The lowest BCUT2D eigenvalue weighted by molar-refractivity contribution is -0.113. The predicted octanol–water partition coefficient (Wildman–Crippen LogP) is 5.07. The van der Waals surface area contributed by atoms with Crippen LogP contribution in [0, 0.1) is 13.8 Å². The van der Waals surface area contributed by atoms with Gasteiger partial charge < -0.3 is 14.6 Å². The number of rotatable bonds is 7. The van der Waals surface area contributed by atoms with Crippen molar-refractivity contribution in [2.75, 3.05) is 11.1 Å². The van der Waals surface area contributed by atoms with Crippen molar-refractivity contribution in [2.45, 2.75) is 32.0 Å². The van der Waals surface area contributed by atoms with E-state index < -0.39 is 0 Å². The molecule has 29 heavy (non-hydrogen) atoms. The molecular weight excluding hydrogens is 452 g/mol. The highest BCUT2D eigenvalue weighted by Gasteiger charge is 2.18. The molecule has 3 rings (SSSR count). The monoisotopic (exact) mass is 474 g/mol. The van der Waals surface area contributed by atoms with Crippen LogP contribution in [0.4, 0.5) is 5.69 Å². The van der Waals surface area contributed by atoms with Crippen LogP contribution in [0.1, 0.15) is 30.0 Å². The van der Waals surface area contributed by atoms with Crippen LogP contribution in [0.3, 0.4) is 0 Å². The van der Waals surface area contributed by atoms with Gasteiger partial charge in [-0.1, -0.05) is 30.0 Å². The summed E-state index contributed by atoms with van der Waals surface area (Å²) >= 11 is 4.84. The van der Waals surface area contributed by atoms with Gasteiger partial charge in [0.15, 0.2) is 17.1 Å². The quantitative estimate of drug-likeness (QED) is 0.484. The van der Waals surface area contributed by atoms with Crippen molar-refractivity contribution in [3.63, 3.8) is 0 Å². The molecule has 6 nitrogen and oxygen atoms in total. The van der Waals surface area contributed by atoms with Gasteiger partial charge in [-0.25, -0.2) is 0 Å². The number of halogens is 1. The van der Waals surface area contributed by atoms with Crippen molar-refractivity contribution in [1.29, 1.82) is 0 Å². The maximum Gasteiger partial charge on any atom is 0.234 e. The van der Waals surface area contributed by atoms with Gasteiger partial charge in [0.05, 0.1) is 11.4 Å². The number of para-hydroxylation sites is 1. The zero-order chi connectivity index (χ0) is 21.0. The van der Waals surface area contributed by atoms with Gasteiger partial charge in [0.25, 0.3) is 0 Å². The number of hydrogen-bond acceptors (Lipinski definition) is 5. The highest BCUT2D eigenvalue weighted by atomic mass is 79.9. The van der Waals surface area contributed by atoms with Crippen LogP contribution in [0.2, 0.25) is 0 Å². The normalized spacial score (nSPS) is 11.9. The molecule has 1 aromatic heterocycles. The Kier molecular flexibility index (Phi) is 6.97. The molecular formula is C21H23BrN4O2S. The van der Waals surface area contributed by atoms with Crippen LogP contribution in [0.25, 0.3) is 0 Å². The SMILES string of the molecule is Cc1cc(Br)c(NC(=O)CSc2nnc(C(C)Oc3ccccc3)n2C)cc1C. The van der Waals surface area contributed by atoms with E-state index in [1.165, 1.54) is 17.3 Å². The molecule has 1 heterocycles. The Balaban J connectivity index is 1.60. The van der Waals surface area contributed by atoms with Gasteiger partial charge in [-0.2, -0.15) is 0 Å². The number of thioether (sulfide) groups is 1. The molecule has 3 aromatic rings.